The Morgan fingerprint density at radius 2 is 2.06 bits per heavy atom. The maximum atomic E-state index is 11.8. The highest BCUT2D eigenvalue weighted by Gasteiger charge is 2.22. The SMILES string of the molecule is CCCN(CC(=O)NC)S(=O)(=O)CCCCl. The highest BCUT2D eigenvalue weighted by molar-refractivity contribution is 7.89. The van der Waals surface area contributed by atoms with E-state index in [1.165, 1.54) is 11.4 Å². The number of carbonyl (C=O) groups excluding carboxylic acids is 1. The van der Waals surface area contributed by atoms with E-state index in [1.807, 2.05) is 6.92 Å². The maximum Gasteiger partial charge on any atom is 0.235 e. The Morgan fingerprint density at radius 1 is 1.44 bits per heavy atom. The number of hydrogen-bond donors (Lipinski definition) is 1. The van der Waals surface area contributed by atoms with Gasteiger partial charge in [-0.25, -0.2) is 8.42 Å². The fourth-order valence-corrected chi connectivity index (χ4v) is 3.01. The van der Waals surface area contributed by atoms with Crippen LogP contribution >= 0.6 is 11.6 Å². The molecule has 0 saturated heterocycles. The fourth-order valence-electron chi connectivity index (χ4n) is 1.17. The Labute approximate surface area is 102 Å². The van der Waals surface area contributed by atoms with Crippen molar-refractivity contribution in [2.24, 2.45) is 0 Å². The van der Waals surface area contributed by atoms with Gasteiger partial charge in [0.2, 0.25) is 15.9 Å². The molecule has 0 aromatic rings. The second-order valence-electron chi connectivity index (χ2n) is 3.37. The number of nitrogens with zero attached hydrogens (tertiary/aromatic N) is 1. The first kappa shape index (κ1) is 15.7. The number of likely N-dealkylation sites (N-methyl/N-ethyl adjacent to an activating group) is 1. The van der Waals surface area contributed by atoms with Gasteiger partial charge >= 0.3 is 0 Å². The number of halogens is 1. The highest BCUT2D eigenvalue weighted by Crippen LogP contribution is 2.05. The topological polar surface area (TPSA) is 66.5 Å². The molecule has 1 N–H and O–H groups in total. The average Bonchev–Trinajstić information content (AvgIpc) is 2.25. The summed E-state index contributed by atoms with van der Waals surface area (Å²) in [6, 6.07) is 0. The molecule has 0 unspecified atom stereocenters. The van der Waals surface area contributed by atoms with E-state index in [1.54, 1.807) is 0 Å². The summed E-state index contributed by atoms with van der Waals surface area (Å²) in [4.78, 5) is 11.2. The number of alkyl halides is 1. The molecular weight excluding hydrogens is 252 g/mol. The Morgan fingerprint density at radius 3 is 2.50 bits per heavy atom. The fraction of sp³-hybridized carbons (Fsp3) is 0.889. The third-order valence-corrected chi connectivity index (χ3v) is 4.17. The van der Waals surface area contributed by atoms with Gasteiger partial charge in [-0.05, 0) is 12.8 Å². The zero-order chi connectivity index (χ0) is 12.6. The third kappa shape index (κ3) is 5.67. The molecule has 16 heavy (non-hydrogen) atoms. The Balaban J connectivity index is 4.55. The molecule has 0 aliphatic rings. The van der Waals surface area contributed by atoms with Crippen molar-refractivity contribution in [2.45, 2.75) is 19.8 Å². The minimum atomic E-state index is -3.36. The summed E-state index contributed by atoms with van der Waals surface area (Å²) in [7, 11) is -1.88. The molecule has 96 valence electrons. The van der Waals surface area contributed by atoms with Crippen LogP contribution in [0.5, 0.6) is 0 Å². The normalized spacial score (nSPS) is 11.8. The molecule has 0 bridgehead atoms. The molecular formula is C9H19ClN2O3S. The number of hydrogen-bond acceptors (Lipinski definition) is 3. The lowest BCUT2D eigenvalue weighted by atomic mass is 10.4. The monoisotopic (exact) mass is 270 g/mol. The number of amides is 1. The van der Waals surface area contributed by atoms with Gasteiger partial charge in [-0.15, -0.1) is 11.6 Å². The van der Waals surface area contributed by atoms with Crippen molar-refractivity contribution in [2.75, 3.05) is 31.8 Å². The summed E-state index contributed by atoms with van der Waals surface area (Å²) >= 11 is 5.46. The smallest absolute Gasteiger partial charge is 0.235 e. The lowest BCUT2D eigenvalue weighted by molar-refractivity contribution is -0.120. The predicted octanol–water partition coefficient (Wildman–Crippen LogP) is 0.403. The first-order valence-corrected chi connectivity index (χ1v) is 7.36. The van der Waals surface area contributed by atoms with E-state index >= 15 is 0 Å². The second-order valence-corrected chi connectivity index (χ2v) is 5.83. The molecule has 0 spiro atoms. The Bertz CT molecular complexity index is 306. The Kier molecular flexibility index (Phi) is 7.70. The number of sulfonamides is 1. The van der Waals surface area contributed by atoms with Crippen molar-refractivity contribution in [3.05, 3.63) is 0 Å². The van der Waals surface area contributed by atoms with E-state index in [-0.39, 0.29) is 18.2 Å². The largest absolute Gasteiger partial charge is 0.358 e. The van der Waals surface area contributed by atoms with Crippen LogP contribution in [0.15, 0.2) is 0 Å². The zero-order valence-electron chi connectivity index (χ0n) is 9.70. The summed E-state index contributed by atoms with van der Waals surface area (Å²) in [5.74, 6) is -0.00459. The van der Waals surface area contributed by atoms with Gasteiger partial charge in [-0.1, -0.05) is 6.92 Å². The molecule has 0 rings (SSSR count). The van der Waals surface area contributed by atoms with Crippen LogP contribution < -0.4 is 5.32 Å². The summed E-state index contributed by atoms with van der Waals surface area (Å²) in [5.41, 5.74) is 0. The van der Waals surface area contributed by atoms with Crippen LogP contribution in [-0.4, -0.2) is 50.4 Å². The van der Waals surface area contributed by atoms with Gasteiger partial charge in [0.1, 0.15) is 0 Å². The molecule has 0 aliphatic heterocycles. The molecule has 0 saturated carbocycles. The minimum absolute atomic E-state index is 0.00645. The molecule has 0 radical (unpaired) electrons. The summed E-state index contributed by atoms with van der Waals surface area (Å²) in [5, 5.41) is 2.41. The van der Waals surface area contributed by atoms with Gasteiger partial charge in [0.05, 0.1) is 12.3 Å². The van der Waals surface area contributed by atoms with Crippen molar-refractivity contribution < 1.29 is 13.2 Å². The van der Waals surface area contributed by atoms with Crippen molar-refractivity contribution >= 4 is 27.5 Å². The van der Waals surface area contributed by atoms with Crippen molar-refractivity contribution in [3.8, 4) is 0 Å². The molecule has 5 nitrogen and oxygen atoms in total. The van der Waals surface area contributed by atoms with Crippen LogP contribution in [0.2, 0.25) is 0 Å². The summed E-state index contributed by atoms with van der Waals surface area (Å²) in [6.07, 6.45) is 1.08. The highest BCUT2D eigenvalue weighted by atomic mass is 35.5. The van der Waals surface area contributed by atoms with Crippen LogP contribution in [0, 0.1) is 0 Å². The lowest BCUT2D eigenvalue weighted by Crippen LogP contribution is -2.41. The number of carbonyl (C=O) groups is 1. The first-order chi connectivity index (χ1) is 7.47. The molecule has 0 atom stereocenters. The zero-order valence-corrected chi connectivity index (χ0v) is 11.3. The lowest BCUT2D eigenvalue weighted by Gasteiger charge is -2.20. The van der Waals surface area contributed by atoms with Crippen LogP contribution in [0.25, 0.3) is 0 Å². The van der Waals surface area contributed by atoms with E-state index in [2.05, 4.69) is 5.32 Å². The van der Waals surface area contributed by atoms with Crippen LogP contribution in [-0.2, 0) is 14.8 Å². The van der Waals surface area contributed by atoms with Crippen LogP contribution in [0.4, 0.5) is 0 Å². The van der Waals surface area contributed by atoms with E-state index in [4.69, 9.17) is 11.6 Å². The van der Waals surface area contributed by atoms with Crippen molar-refractivity contribution in [1.82, 2.24) is 9.62 Å². The van der Waals surface area contributed by atoms with Crippen LogP contribution in [0.1, 0.15) is 19.8 Å². The van der Waals surface area contributed by atoms with Crippen LogP contribution in [0.3, 0.4) is 0 Å². The summed E-state index contributed by atoms with van der Waals surface area (Å²) in [6.45, 7) is 2.11. The molecule has 0 aliphatic carbocycles. The first-order valence-electron chi connectivity index (χ1n) is 5.22. The number of rotatable bonds is 8. The molecule has 0 fully saturated rings. The maximum absolute atomic E-state index is 11.8. The quantitative estimate of drug-likeness (QED) is 0.650. The van der Waals surface area contributed by atoms with E-state index in [9.17, 15) is 13.2 Å². The summed E-state index contributed by atoms with van der Waals surface area (Å²) < 4.78 is 24.8. The van der Waals surface area contributed by atoms with Gasteiger partial charge < -0.3 is 5.32 Å². The molecule has 7 heteroatoms. The minimum Gasteiger partial charge on any atom is -0.358 e. The predicted molar refractivity (Wildman–Crippen MR) is 65.1 cm³/mol. The van der Waals surface area contributed by atoms with Gasteiger partial charge in [0.15, 0.2) is 0 Å². The van der Waals surface area contributed by atoms with Gasteiger partial charge in [0.25, 0.3) is 0 Å². The van der Waals surface area contributed by atoms with Crippen molar-refractivity contribution in [3.63, 3.8) is 0 Å². The molecule has 0 heterocycles. The van der Waals surface area contributed by atoms with Gasteiger partial charge in [-0.3, -0.25) is 4.79 Å². The molecule has 1 amide bonds. The third-order valence-electron chi connectivity index (χ3n) is 2.00. The average molecular weight is 271 g/mol. The van der Waals surface area contributed by atoms with Gasteiger partial charge in [-0.2, -0.15) is 4.31 Å². The van der Waals surface area contributed by atoms with Crippen molar-refractivity contribution in [1.29, 1.82) is 0 Å². The van der Waals surface area contributed by atoms with Gasteiger partial charge in [0, 0.05) is 19.5 Å². The van der Waals surface area contributed by atoms with E-state index in [0.717, 1.165) is 0 Å². The molecule has 0 aromatic carbocycles. The molecule has 0 aromatic heterocycles. The Hall–Kier alpha value is -0.330. The number of nitrogens with one attached hydrogen (secondary N) is 1. The second kappa shape index (κ2) is 7.86. The van der Waals surface area contributed by atoms with E-state index in [0.29, 0.717) is 25.3 Å². The standard InChI is InChI=1S/C9H19ClN2O3S/c1-3-6-12(8-9(13)11-2)16(14,15)7-4-5-10/h3-8H2,1-2H3,(H,11,13). The van der Waals surface area contributed by atoms with E-state index < -0.39 is 10.0 Å².